The molecule has 142 valence electrons. The smallest absolute Gasteiger partial charge is 0.210 e. The highest BCUT2D eigenvalue weighted by Gasteiger charge is 2.28. The molecule has 0 amide bonds. The molecule has 3 aromatic carbocycles. The van der Waals surface area contributed by atoms with Gasteiger partial charge in [-0.3, -0.25) is 0 Å². The zero-order chi connectivity index (χ0) is 20.6. The number of benzene rings is 3. The lowest BCUT2D eigenvalue weighted by atomic mass is 10.0. The average molecular weight is 439 g/mol. The molecule has 0 atom stereocenters. The largest absolute Gasteiger partial charge is 0.235 e. The van der Waals surface area contributed by atoms with Crippen molar-refractivity contribution in [3.63, 3.8) is 0 Å². The Bertz CT molecular complexity index is 1410. The molecule has 0 fully saturated rings. The number of para-hydroxylation sites is 1. The predicted molar refractivity (Wildman–Crippen MR) is 114 cm³/mol. The van der Waals surface area contributed by atoms with Crippen molar-refractivity contribution >= 4 is 43.9 Å². The van der Waals surface area contributed by atoms with E-state index in [0.29, 0.717) is 27.1 Å². The monoisotopic (exact) mass is 438 g/mol. The van der Waals surface area contributed by atoms with Crippen molar-refractivity contribution in [1.82, 2.24) is 4.98 Å². The Morgan fingerprint density at radius 1 is 0.897 bits per heavy atom. The van der Waals surface area contributed by atoms with E-state index in [1.165, 1.54) is 24.3 Å². The summed E-state index contributed by atoms with van der Waals surface area (Å²) in [6, 6.07) is 21.8. The zero-order valence-corrected chi connectivity index (χ0v) is 17.1. The van der Waals surface area contributed by atoms with Crippen LogP contribution in [0.3, 0.4) is 0 Å². The van der Waals surface area contributed by atoms with Gasteiger partial charge in [-0.1, -0.05) is 59.6 Å². The number of hydrogen-bond donors (Lipinski definition) is 0. The summed E-state index contributed by atoms with van der Waals surface area (Å²) in [5.74, 6) is 0. The second-order valence-corrected chi connectivity index (χ2v) is 8.96. The summed E-state index contributed by atoms with van der Waals surface area (Å²) >= 11 is 12.6. The van der Waals surface area contributed by atoms with Crippen LogP contribution in [-0.4, -0.2) is 13.4 Å². The molecule has 0 spiro atoms. The summed E-state index contributed by atoms with van der Waals surface area (Å²) in [5, 5.41) is 10.1. The van der Waals surface area contributed by atoms with Gasteiger partial charge in [-0.2, -0.15) is 5.26 Å². The fourth-order valence-corrected chi connectivity index (χ4v) is 5.41. The van der Waals surface area contributed by atoms with Crippen molar-refractivity contribution in [3.05, 3.63) is 88.5 Å². The van der Waals surface area contributed by atoms with Crippen molar-refractivity contribution in [2.24, 2.45) is 0 Å². The highest BCUT2D eigenvalue weighted by molar-refractivity contribution is 7.91. The van der Waals surface area contributed by atoms with Gasteiger partial charge in [0.1, 0.15) is 10.0 Å². The van der Waals surface area contributed by atoms with Gasteiger partial charge in [0.05, 0.1) is 22.0 Å². The molecule has 0 aliphatic rings. The molecule has 0 radical (unpaired) electrons. The molecule has 1 heterocycles. The highest BCUT2D eigenvalue weighted by atomic mass is 35.5. The van der Waals surface area contributed by atoms with Crippen LogP contribution in [0.15, 0.2) is 82.6 Å². The molecule has 1 aromatic heterocycles. The average Bonchev–Trinajstić information content (AvgIpc) is 2.72. The predicted octanol–water partition coefficient (Wildman–Crippen LogP) is 5.91. The van der Waals surface area contributed by atoms with Crippen molar-refractivity contribution < 1.29 is 8.42 Å². The minimum Gasteiger partial charge on any atom is -0.235 e. The van der Waals surface area contributed by atoms with Crippen molar-refractivity contribution in [2.45, 2.75) is 9.79 Å². The first-order valence-electron chi connectivity index (χ1n) is 8.51. The Labute approximate surface area is 177 Å². The van der Waals surface area contributed by atoms with Crippen LogP contribution in [0.1, 0.15) is 5.56 Å². The number of pyridine rings is 1. The Morgan fingerprint density at radius 2 is 1.66 bits per heavy atom. The summed E-state index contributed by atoms with van der Waals surface area (Å²) in [5.41, 5.74) is 1.83. The van der Waals surface area contributed by atoms with Crippen LogP contribution >= 0.6 is 23.2 Å². The van der Waals surface area contributed by atoms with E-state index in [0.717, 1.165) is 0 Å². The lowest BCUT2D eigenvalue weighted by Gasteiger charge is -2.16. The van der Waals surface area contributed by atoms with Gasteiger partial charge in [-0.25, -0.2) is 13.4 Å². The molecular formula is C22H12Cl2N2O2S. The van der Waals surface area contributed by atoms with E-state index >= 15 is 0 Å². The molecule has 7 heteroatoms. The van der Waals surface area contributed by atoms with Crippen LogP contribution < -0.4 is 0 Å². The van der Waals surface area contributed by atoms with Gasteiger partial charge >= 0.3 is 0 Å². The van der Waals surface area contributed by atoms with E-state index in [9.17, 15) is 8.42 Å². The van der Waals surface area contributed by atoms with Crippen LogP contribution in [0.5, 0.6) is 0 Å². The van der Waals surface area contributed by atoms with Crippen LogP contribution in [0.4, 0.5) is 0 Å². The summed E-state index contributed by atoms with van der Waals surface area (Å²) in [4.78, 5) is 4.16. The Morgan fingerprint density at radius 3 is 2.41 bits per heavy atom. The first-order valence-corrected chi connectivity index (χ1v) is 10.7. The van der Waals surface area contributed by atoms with Crippen LogP contribution in [0.2, 0.25) is 10.2 Å². The quantitative estimate of drug-likeness (QED) is 0.372. The molecule has 0 saturated carbocycles. The van der Waals surface area contributed by atoms with Gasteiger partial charge in [-0.15, -0.1) is 0 Å². The molecule has 0 bridgehead atoms. The number of halogens is 2. The lowest BCUT2D eigenvalue weighted by molar-refractivity contribution is 0.596. The van der Waals surface area contributed by atoms with Gasteiger partial charge in [0.2, 0.25) is 9.84 Å². The molecule has 0 unspecified atom stereocenters. The second kappa shape index (κ2) is 7.49. The van der Waals surface area contributed by atoms with Crippen molar-refractivity contribution in [3.8, 4) is 17.2 Å². The minimum atomic E-state index is -4.07. The first kappa shape index (κ1) is 19.4. The maximum Gasteiger partial charge on any atom is 0.210 e. The van der Waals surface area contributed by atoms with E-state index in [2.05, 4.69) is 4.98 Å². The molecule has 0 N–H and O–H groups in total. The van der Waals surface area contributed by atoms with Gasteiger partial charge in [0.25, 0.3) is 0 Å². The minimum absolute atomic E-state index is 0.0289. The normalized spacial score (nSPS) is 11.3. The number of sulfone groups is 1. The summed E-state index contributed by atoms with van der Waals surface area (Å²) in [7, 11) is -4.07. The number of nitrogens with zero attached hydrogens (tertiary/aromatic N) is 2. The summed E-state index contributed by atoms with van der Waals surface area (Å²) in [6.45, 7) is 0. The molecular weight excluding hydrogens is 427 g/mol. The SMILES string of the molecule is N#Cc1cccc(S(=O)(=O)c2c(Cl)nc3ccccc3c2-c2cccc(Cl)c2)c1. The van der Waals surface area contributed by atoms with Crippen LogP contribution in [0.25, 0.3) is 22.0 Å². The molecule has 4 aromatic rings. The molecule has 29 heavy (non-hydrogen) atoms. The van der Waals surface area contributed by atoms with Crippen molar-refractivity contribution in [1.29, 1.82) is 5.26 Å². The zero-order valence-electron chi connectivity index (χ0n) is 14.8. The molecule has 0 aliphatic heterocycles. The second-order valence-electron chi connectivity index (χ2n) is 6.28. The number of rotatable bonds is 3. The molecule has 0 aliphatic carbocycles. The van der Waals surface area contributed by atoms with E-state index in [1.54, 1.807) is 48.5 Å². The molecule has 4 rings (SSSR count). The Kier molecular flexibility index (Phi) is 5.01. The number of hydrogen-bond acceptors (Lipinski definition) is 4. The Balaban J connectivity index is 2.13. The van der Waals surface area contributed by atoms with Gasteiger partial charge in [0.15, 0.2) is 0 Å². The summed E-state index contributed by atoms with van der Waals surface area (Å²) in [6.07, 6.45) is 0. The lowest BCUT2D eigenvalue weighted by Crippen LogP contribution is -2.07. The topological polar surface area (TPSA) is 70.8 Å². The van der Waals surface area contributed by atoms with Gasteiger partial charge < -0.3 is 0 Å². The fraction of sp³-hybridized carbons (Fsp3) is 0. The number of fused-ring (bicyclic) bond motifs is 1. The van der Waals surface area contributed by atoms with E-state index in [-0.39, 0.29) is 20.5 Å². The Hall–Kier alpha value is -2.91. The fourth-order valence-electron chi connectivity index (χ4n) is 3.19. The standard InChI is InChI=1S/C22H12Cl2N2O2S/c23-16-7-4-6-15(12-16)20-18-9-1-2-10-19(18)26-22(24)21(20)29(27,28)17-8-3-5-14(11-17)13-25/h1-12H. The third-order valence-corrected chi connectivity index (χ3v) is 6.89. The highest BCUT2D eigenvalue weighted by Crippen LogP contribution is 2.41. The third-order valence-electron chi connectivity index (χ3n) is 4.46. The van der Waals surface area contributed by atoms with Crippen LogP contribution in [0, 0.1) is 11.3 Å². The van der Waals surface area contributed by atoms with Crippen molar-refractivity contribution in [2.75, 3.05) is 0 Å². The summed E-state index contributed by atoms with van der Waals surface area (Å²) < 4.78 is 27.2. The maximum atomic E-state index is 13.6. The van der Waals surface area contributed by atoms with Gasteiger partial charge in [-0.05, 0) is 42.0 Å². The third kappa shape index (κ3) is 3.47. The van der Waals surface area contributed by atoms with Gasteiger partial charge in [0, 0.05) is 16.0 Å². The number of nitriles is 1. The molecule has 0 saturated heterocycles. The van der Waals surface area contributed by atoms with E-state index in [4.69, 9.17) is 28.5 Å². The molecule has 4 nitrogen and oxygen atoms in total. The van der Waals surface area contributed by atoms with E-state index in [1.807, 2.05) is 6.07 Å². The number of aromatic nitrogens is 1. The van der Waals surface area contributed by atoms with Crippen LogP contribution in [-0.2, 0) is 9.84 Å². The van der Waals surface area contributed by atoms with E-state index < -0.39 is 9.84 Å². The first-order chi connectivity index (χ1) is 13.9. The maximum absolute atomic E-state index is 13.6.